The number of rotatable bonds is 3. The van der Waals surface area contributed by atoms with Gasteiger partial charge < -0.3 is 9.84 Å². The van der Waals surface area contributed by atoms with E-state index in [1.54, 1.807) is 18.4 Å². The molecule has 3 aromatic carbocycles. The van der Waals surface area contributed by atoms with Crippen molar-refractivity contribution in [3.05, 3.63) is 124 Å². The molecule has 31 heavy (non-hydrogen) atoms. The minimum Gasteiger partial charge on any atom is -0.508 e. The van der Waals surface area contributed by atoms with Crippen molar-refractivity contribution >= 4 is 23.0 Å². The van der Waals surface area contributed by atoms with Crippen LogP contribution in [0.5, 0.6) is 5.75 Å². The monoisotopic (exact) mass is 424 g/mol. The molecule has 0 saturated carbocycles. The van der Waals surface area contributed by atoms with Crippen LogP contribution in [0.15, 0.2) is 103 Å². The number of benzene rings is 3. The molecule has 2 aliphatic heterocycles. The first-order chi connectivity index (χ1) is 15.2. The van der Waals surface area contributed by atoms with Gasteiger partial charge in [0.25, 0.3) is 0 Å². The largest absolute Gasteiger partial charge is 0.508 e. The van der Waals surface area contributed by atoms with Crippen molar-refractivity contribution in [2.45, 2.75) is 5.92 Å². The maximum atomic E-state index is 10.0. The minimum atomic E-state index is -0.301. The first-order valence-corrected chi connectivity index (χ1v) is 10.2. The molecule has 0 spiro atoms. The number of phenolic OH excluding ortho intramolecular Hbond substituents is 1. The van der Waals surface area contributed by atoms with Crippen LogP contribution in [0.1, 0.15) is 22.6 Å². The maximum absolute atomic E-state index is 10.0. The SMILES string of the molecule is N#CC1=C2OC=C(c3ccc(Cl)cc3)N2C(c2ccccc2)=CC1c1ccc(O)cc1. The van der Waals surface area contributed by atoms with Gasteiger partial charge in [-0.3, -0.25) is 4.90 Å². The second kappa shape index (κ2) is 7.71. The standard InChI is InChI=1S/C26H17ClN2O2/c27-20-10-6-19(7-11-20)25-16-31-26-23(15-28)22(17-8-12-21(30)13-9-17)14-24(29(25)26)18-4-2-1-3-5-18/h1-14,16,22,30H. The number of hydrogen-bond acceptors (Lipinski definition) is 4. The van der Waals surface area contributed by atoms with Gasteiger partial charge in [0, 0.05) is 16.5 Å². The lowest BCUT2D eigenvalue weighted by atomic mass is 9.87. The molecule has 0 amide bonds. The average Bonchev–Trinajstić information content (AvgIpc) is 3.25. The van der Waals surface area contributed by atoms with Crippen LogP contribution in [-0.4, -0.2) is 10.0 Å². The average molecular weight is 425 g/mol. The van der Waals surface area contributed by atoms with Crippen molar-refractivity contribution in [2.24, 2.45) is 0 Å². The minimum absolute atomic E-state index is 0.184. The van der Waals surface area contributed by atoms with E-state index in [1.807, 2.05) is 71.6 Å². The molecule has 1 N–H and O–H groups in total. The van der Waals surface area contributed by atoms with Crippen LogP contribution in [0.25, 0.3) is 11.4 Å². The van der Waals surface area contributed by atoms with E-state index in [4.69, 9.17) is 16.3 Å². The topological polar surface area (TPSA) is 56.5 Å². The zero-order chi connectivity index (χ0) is 21.4. The normalized spacial score (nSPS) is 17.4. The molecular weight excluding hydrogens is 408 g/mol. The summed E-state index contributed by atoms with van der Waals surface area (Å²) in [6.45, 7) is 0. The van der Waals surface area contributed by atoms with E-state index >= 15 is 0 Å². The number of fused-ring (bicyclic) bond motifs is 1. The molecule has 5 heteroatoms. The Hall–Kier alpha value is -3.94. The van der Waals surface area contributed by atoms with Gasteiger partial charge in [0.2, 0.25) is 5.88 Å². The number of phenols is 1. The fourth-order valence-corrected chi connectivity index (χ4v) is 4.04. The number of aromatic hydroxyl groups is 1. The Balaban J connectivity index is 1.68. The van der Waals surface area contributed by atoms with Crippen molar-refractivity contribution in [3.63, 3.8) is 0 Å². The van der Waals surface area contributed by atoms with Crippen molar-refractivity contribution in [3.8, 4) is 11.8 Å². The summed E-state index contributed by atoms with van der Waals surface area (Å²) >= 11 is 6.08. The fourth-order valence-electron chi connectivity index (χ4n) is 3.91. The highest BCUT2D eigenvalue weighted by molar-refractivity contribution is 6.30. The highest BCUT2D eigenvalue weighted by Gasteiger charge is 2.37. The molecule has 1 unspecified atom stereocenters. The van der Waals surface area contributed by atoms with Gasteiger partial charge in [-0.25, -0.2) is 0 Å². The number of hydrogen-bond donors (Lipinski definition) is 1. The fraction of sp³-hybridized carbons (Fsp3) is 0.0385. The molecule has 0 aliphatic carbocycles. The lowest BCUT2D eigenvalue weighted by Gasteiger charge is -2.32. The molecular formula is C26H17ClN2O2. The summed E-state index contributed by atoms with van der Waals surface area (Å²) in [4.78, 5) is 1.98. The Labute approximate surface area is 185 Å². The Morgan fingerprint density at radius 3 is 2.23 bits per heavy atom. The quantitative estimate of drug-likeness (QED) is 0.539. The van der Waals surface area contributed by atoms with Crippen molar-refractivity contribution < 1.29 is 9.84 Å². The number of allylic oxidation sites excluding steroid dienone is 2. The van der Waals surface area contributed by atoms with Crippen LogP contribution in [0.4, 0.5) is 0 Å². The molecule has 1 atom stereocenters. The van der Waals surface area contributed by atoms with Crippen molar-refractivity contribution in [1.29, 1.82) is 5.26 Å². The molecule has 3 aromatic rings. The van der Waals surface area contributed by atoms with Gasteiger partial charge in [-0.05, 0) is 41.5 Å². The highest BCUT2D eigenvalue weighted by Crippen LogP contribution is 2.47. The summed E-state index contributed by atoms with van der Waals surface area (Å²) in [7, 11) is 0. The van der Waals surface area contributed by atoms with Gasteiger partial charge in [0.05, 0.1) is 11.4 Å². The smallest absolute Gasteiger partial charge is 0.219 e. The second-order valence-corrected chi connectivity index (χ2v) is 7.72. The van der Waals surface area contributed by atoms with E-state index in [0.717, 1.165) is 28.1 Å². The lowest BCUT2D eigenvalue weighted by molar-refractivity contribution is 0.303. The molecule has 4 nitrogen and oxygen atoms in total. The summed E-state index contributed by atoms with van der Waals surface area (Å²) in [6, 6.07) is 26.8. The van der Waals surface area contributed by atoms with E-state index in [-0.39, 0.29) is 11.7 Å². The van der Waals surface area contributed by atoms with Crippen LogP contribution in [0.3, 0.4) is 0 Å². The Morgan fingerprint density at radius 2 is 1.55 bits per heavy atom. The van der Waals surface area contributed by atoms with Gasteiger partial charge in [-0.15, -0.1) is 0 Å². The third kappa shape index (κ3) is 3.35. The third-order valence-corrected chi connectivity index (χ3v) is 5.67. The molecule has 150 valence electrons. The Morgan fingerprint density at radius 1 is 0.871 bits per heavy atom. The van der Waals surface area contributed by atoms with Crippen molar-refractivity contribution in [1.82, 2.24) is 4.90 Å². The van der Waals surface area contributed by atoms with Crippen LogP contribution < -0.4 is 0 Å². The van der Waals surface area contributed by atoms with Crippen molar-refractivity contribution in [2.75, 3.05) is 0 Å². The van der Waals surface area contributed by atoms with E-state index < -0.39 is 0 Å². The maximum Gasteiger partial charge on any atom is 0.219 e. The summed E-state index contributed by atoms with van der Waals surface area (Å²) in [5, 5.41) is 20.4. The lowest BCUT2D eigenvalue weighted by Crippen LogP contribution is -2.24. The zero-order valence-electron chi connectivity index (χ0n) is 16.4. The van der Waals surface area contributed by atoms with Crippen LogP contribution in [0.2, 0.25) is 5.02 Å². The summed E-state index contributed by atoms with van der Waals surface area (Å²) in [5.74, 6) is 0.375. The predicted octanol–water partition coefficient (Wildman–Crippen LogP) is 6.25. The van der Waals surface area contributed by atoms with Crippen LogP contribution in [0, 0.1) is 11.3 Å². The van der Waals surface area contributed by atoms with Gasteiger partial charge in [0.1, 0.15) is 23.7 Å². The molecule has 0 fully saturated rings. The molecule has 0 bridgehead atoms. The van der Waals surface area contributed by atoms with Gasteiger partial charge >= 0.3 is 0 Å². The highest BCUT2D eigenvalue weighted by atomic mass is 35.5. The summed E-state index contributed by atoms with van der Waals surface area (Å²) < 4.78 is 5.98. The number of nitriles is 1. The molecule has 0 saturated heterocycles. The van der Waals surface area contributed by atoms with E-state index in [0.29, 0.717) is 16.5 Å². The molecule has 0 radical (unpaired) electrons. The third-order valence-electron chi connectivity index (χ3n) is 5.42. The van der Waals surface area contributed by atoms with Crippen LogP contribution >= 0.6 is 11.6 Å². The number of halogens is 1. The summed E-state index contributed by atoms with van der Waals surface area (Å²) in [6.07, 6.45) is 3.74. The van der Waals surface area contributed by atoms with Gasteiger partial charge in [-0.1, -0.05) is 66.2 Å². The Kier molecular flexibility index (Phi) is 4.74. The van der Waals surface area contributed by atoms with Gasteiger partial charge in [-0.2, -0.15) is 5.26 Å². The second-order valence-electron chi connectivity index (χ2n) is 7.28. The van der Waals surface area contributed by atoms with E-state index in [9.17, 15) is 10.4 Å². The number of nitrogens with zero attached hydrogens (tertiary/aromatic N) is 2. The Bertz CT molecular complexity index is 1270. The first-order valence-electron chi connectivity index (χ1n) is 9.79. The van der Waals surface area contributed by atoms with E-state index in [2.05, 4.69) is 12.1 Å². The van der Waals surface area contributed by atoms with Crippen LogP contribution in [-0.2, 0) is 4.74 Å². The van der Waals surface area contributed by atoms with Gasteiger partial charge in [0.15, 0.2) is 0 Å². The predicted molar refractivity (Wildman–Crippen MR) is 120 cm³/mol. The molecule has 2 aliphatic rings. The molecule has 2 heterocycles. The molecule has 5 rings (SSSR count). The zero-order valence-corrected chi connectivity index (χ0v) is 17.1. The van der Waals surface area contributed by atoms with E-state index in [1.165, 1.54) is 0 Å². The summed E-state index contributed by atoms with van der Waals surface area (Å²) in [5.41, 5.74) is 5.10. The molecule has 0 aromatic heterocycles. The number of ether oxygens (including phenoxy) is 1. The first kappa shape index (κ1) is 19.0.